The van der Waals surface area contributed by atoms with Crippen molar-refractivity contribution in [3.63, 3.8) is 0 Å². The zero-order chi connectivity index (χ0) is 12.2. The highest BCUT2D eigenvalue weighted by molar-refractivity contribution is 5.81. The van der Waals surface area contributed by atoms with Gasteiger partial charge in [-0.25, -0.2) is 0 Å². The summed E-state index contributed by atoms with van der Waals surface area (Å²) in [5, 5.41) is 0. The first kappa shape index (κ1) is 10.5. The third-order valence-electron chi connectivity index (χ3n) is 3.83. The van der Waals surface area contributed by atoms with Crippen molar-refractivity contribution in [2.75, 3.05) is 0 Å². The van der Waals surface area contributed by atoms with E-state index in [0.717, 1.165) is 0 Å². The van der Waals surface area contributed by atoms with Crippen molar-refractivity contribution in [3.8, 4) is 11.1 Å². The maximum atomic E-state index is 4.43. The molecule has 2 aromatic rings. The lowest BCUT2D eigenvalue weighted by Gasteiger charge is -2.14. The zero-order valence-corrected chi connectivity index (χ0v) is 10.7. The molecule has 3 rings (SSSR count). The van der Waals surface area contributed by atoms with Gasteiger partial charge in [-0.1, -0.05) is 47.5 Å². The number of rotatable bonds is 0. The van der Waals surface area contributed by atoms with E-state index in [1.54, 1.807) is 0 Å². The molecule has 0 saturated carbocycles. The first-order valence-electron chi connectivity index (χ1n) is 6.08. The molecule has 0 nitrogen and oxygen atoms in total. The Kier molecular flexibility index (Phi) is 1.95. The van der Waals surface area contributed by atoms with Crippen molar-refractivity contribution in [2.45, 2.75) is 26.2 Å². The summed E-state index contributed by atoms with van der Waals surface area (Å²) >= 11 is 0. The van der Waals surface area contributed by atoms with Crippen LogP contribution < -0.4 is 0 Å². The van der Waals surface area contributed by atoms with Crippen molar-refractivity contribution in [3.05, 3.63) is 65.6 Å². The first-order chi connectivity index (χ1) is 8.00. The summed E-state index contributed by atoms with van der Waals surface area (Å²) < 4.78 is 0. The molecule has 0 aromatic heterocycles. The summed E-state index contributed by atoms with van der Waals surface area (Å²) in [5.41, 5.74) is 7.93. The second kappa shape index (κ2) is 3.16. The molecule has 0 fully saturated rings. The summed E-state index contributed by atoms with van der Waals surface area (Å²) in [5.74, 6) is 0. The van der Waals surface area contributed by atoms with Crippen molar-refractivity contribution in [1.82, 2.24) is 0 Å². The van der Waals surface area contributed by atoms with Crippen molar-refractivity contribution in [1.29, 1.82) is 0 Å². The quantitative estimate of drug-likeness (QED) is 0.577. The van der Waals surface area contributed by atoms with E-state index >= 15 is 0 Å². The third-order valence-corrected chi connectivity index (χ3v) is 3.83. The summed E-state index contributed by atoms with van der Waals surface area (Å²) in [6.07, 6.45) is 0. The van der Waals surface area contributed by atoms with Gasteiger partial charge in [0, 0.05) is 11.1 Å². The second-order valence-corrected chi connectivity index (χ2v) is 5.43. The lowest BCUT2D eigenvalue weighted by Crippen LogP contribution is -2.15. The maximum Gasteiger partial charge on any atom is 0.154 e. The van der Waals surface area contributed by atoms with E-state index in [-0.39, 0.29) is 5.41 Å². The van der Waals surface area contributed by atoms with Crippen LogP contribution in [0.25, 0.3) is 11.1 Å². The van der Waals surface area contributed by atoms with Crippen LogP contribution >= 0.6 is 0 Å². The predicted octanol–water partition coefficient (Wildman–Crippen LogP) is 4.42. The SMILES string of the molecule is [CH2+]C1(C)c2cc(C)ccc2-c2ccc(C)cc21. The smallest absolute Gasteiger partial charge is 0.0587 e. The molecule has 0 heteroatoms. The molecule has 0 heterocycles. The minimum absolute atomic E-state index is 0.108. The monoisotopic (exact) mass is 221 g/mol. The van der Waals surface area contributed by atoms with Crippen molar-refractivity contribution >= 4 is 0 Å². The first-order valence-corrected chi connectivity index (χ1v) is 6.08. The lowest BCUT2D eigenvalue weighted by atomic mass is 9.81. The van der Waals surface area contributed by atoms with Crippen LogP contribution in [-0.4, -0.2) is 0 Å². The largest absolute Gasteiger partial charge is 0.154 e. The van der Waals surface area contributed by atoms with E-state index < -0.39 is 0 Å². The van der Waals surface area contributed by atoms with Gasteiger partial charge in [0.2, 0.25) is 0 Å². The molecule has 0 spiro atoms. The highest BCUT2D eigenvalue weighted by atomic mass is 14.4. The van der Waals surface area contributed by atoms with Crippen LogP contribution in [0.15, 0.2) is 36.4 Å². The topological polar surface area (TPSA) is 0 Å². The van der Waals surface area contributed by atoms with Crippen LogP contribution in [0, 0.1) is 20.8 Å². The Hall–Kier alpha value is -1.69. The third kappa shape index (κ3) is 1.33. The Morgan fingerprint density at radius 1 is 0.824 bits per heavy atom. The van der Waals surface area contributed by atoms with Gasteiger partial charge in [0.25, 0.3) is 0 Å². The maximum absolute atomic E-state index is 4.43. The number of hydrogen-bond acceptors (Lipinski definition) is 0. The normalized spacial score (nSPS) is 15.5. The fourth-order valence-electron chi connectivity index (χ4n) is 2.84. The minimum Gasteiger partial charge on any atom is -0.0587 e. The van der Waals surface area contributed by atoms with Crippen LogP contribution in [0.4, 0.5) is 0 Å². The van der Waals surface area contributed by atoms with Gasteiger partial charge in [0.15, 0.2) is 5.41 Å². The number of benzene rings is 2. The molecule has 0 radical (unpaired) electrons. The summed E-state index contributed by atoms with van der Waals surface area (Å²) in [6.45, 7) is 10.9. The van der Waals surface area contributed by atoms with Crippen molar-refractivity contribution in [2.24, 2.45) is 0 Å². The Morgan fingerprint density at radius 3 is 1.65 bits per heavy atom. The molecule has 0 N–H and O–H groups in total. The summed E-state index contributed by atoms with van der Waals surface area (Å²) in [6, 6.07) is 13.4. The number of hydrogen-bond donors (Lipinski definition) is 0. The Labute approximate surface area is 103 Å². The van der Waals surface area contributed by atoms with E-state index in [1.165, 1.54) is 33.4 Å². The molecule has 0 saturated heterocycles. The molecular weight excluding hydrogens is 204 g/mol. The molecule has 0 bridgehead atoms. The van der Waals surface area contributed by atoms with E-state index in [2.05, 4.69) is 64.1 Å². The molecule has 1 aliphatic carbocycles. The van der Waals surface area contributed by atoms with E-state index in [1.807, 2.05) is 0 Å². The van der Waals surface area contributed by atoms with Crippen LogP contribution in [-0.2, 0) is 5.41 Å². The van der Waals surface area contributed by atoms with Gasteiger partial charge in [-0.3, -0.25) is 0 Å². The Morgan fingerprint density at radius 2 is 1.24 bits per heavy atom. The molecule has 2 aromatic carbocycles. The fourth-order valence-corrected chi connectivity index (χ4v) is 2.84. The second-order valence-electron chi connectivity index (χ2n) is 5.43. The molecule has 0 atom stereocenters. The fraction of sp³-hybridized carbons (Fsp3) is 0.235. The molecule has 84 valence electrons. The highest BCUT2D eigenvalue weighted by Gasteiger charge is 2.41. The minimum atomic E-state index is -0.108. The van der Waals surface area contributed by atoms with E-state index in [0.29, 0.717) is 0 Å². The van der Waals surface area contributed by atoms with E-state index in [4.69, 9.17) is 0 Å². The standard InChI is InChI=1S/C17H17/c1-11-5-7-13-14-8-6-12(2)10-16(14)17(3,4)15(13)9-11/h5-10H,3H2,1-2,4H3/q+1. The van der Waals surface area contributed by atoms with Crippen LogP contribution in [0.5, 0.6) is 0 Å². The predicted molar refractivity (Wildman–Crippen MR) is 73.2 cm³/mol. The molecule has 17 heavy (non-hydrogen) atoms. The van der Waals surface area contributed by atoms with Gasteiger partial charge < -0.3 is 0 Å². The molecule has 0 amide bonds. The summed E-state index contributed by atoms with van der Waals surface area (Å²) in [4.78, 5) is 0. The molecule has 0 aliphatic heterocycles. The number of aryl methyl sites for hydroxylation is 2. The molecular formula is C17H17+. The van der Waals surface area contributed by atoms with Gasteiger partial charge in [0.1, 0.15) is 0 Å². The number of fused-ring (bicyclic) bond motifs is 3. The van der Waals surface area contributed by atoms with Crippen molar-refractivity contribution < 1.29 is 0 Å². The van der Waals surface area contributed by atoms with Crippen LogP contribution in [0.2, 0.25) is 0 Å². The molecule has 1 aliphatic rings. The summed E-state index contributed by atoms with van der Waals surface area (Å²) in [7, 11) is 0. The average molecular weight is 221 g/mol. The molecule has 0 unspecified atom stereocenters. The van der Waals surface area contributed by atoms with Gasteiger partial charge in [0.05, 0.1) is 6.92 Å². The Balaban J connectivity index is 2.37. The van der Waals surface area contributed by atoms with Crippen LogP contribution in [0.3, 0.4) is 0 Å². The van der Waals surface area contributed by atoms with Gasteiger partial charge in [-0.2, -0.15) is 0 Å². The Bertz CT molecular complexity index is 550. The highest BCUT2D eigenvalue weighted by Crippen LogP contribution is 2.48. The lowest BCUT2D eigenvalue weighted by molar-refractivity contribution is 0.740. The van der Waals surface area contributed by atoms with Gasteiger partial charge in [-0.05, 0) is 31.9 Å². The zero-order valence-electron chi connectivity index (χ0n) is 10.7. The van der Waals surface area contributed by atoms with Crippen LogP contribution in [0.1, 0.15) is 29.2 Å². The van der Waals surface area contributed by atoms with E-state index in [9.17, 15) is 0 Å². The van der Waals surface area contributed by atoms with Gasteiger partial charge >= 0.3 is 0 Å². The average Bonchev–Trinajstić information content (AvgIpc) is 2.49. The van der Waals surface area contributed by atoms with Gasteiger partial charge in [-0.15, -0.1) is 0 Å².